The molecular formula is C25H29NO4. The Hall–Kier alpha value is -3.21. The maximum Gasteiger partial charge on any atom is 0.222 e. The molecule has 30 heavy (non-hydrogen) atoms. The van der Waals surface area contributed by atoms with Gasteiger partial charge in [-0.15, -0.1) is 0 Å². The van der Waals surface area contributed by atoms with Crippen molar-refractivity contribution in [1.82, 2.24) is 4.90 Å². The van der Waals surface area contributed by atoms with E-state index >= 15 is 0 Å². The normalized spacial score (nSPS) is 11.7. The van der Waals surface area contributed by atoms with Gasteiger partial charge in [-0.2, -0.15) is 0 Å². The molecule has 0 saturated carbocycles. The molecular weight excluding hydrogens is 378 g/mol. The summed E-state index contributed by atoms with van der Waals surface area (Å²) in [6, 6.07) is 19.9. The fraction of sp³-hybridized carbons (Fsp3) is 0.320. The number of benzene rings is 2. The molecule has 0 N–H and O–H groups in total. The SMILES string of the molecule is CCC(=O)N(CCC(c1ccc(OC)cc1)c1ccccc1OC)Cc1ccco1. The average molecular weight is 408 g/mol. The Kier molecular flexibility index (Phi) is 7.55. The fourth-order valence-corrected chi connectivity index (χ4v) is 3.68. The van der Waals surface area contributed by atoms with E-state index < -0.39 is 0 Å². The molecule has 1 atom stereocenters. The fourth-order valence-electron chi connectivity index (χ4n) is 3.68. The minimum atomic E-state index is 0.0795. The second-order valence-corrected chi connectivity index (χ2v) is 7.10. The van der Waals surface area contributed by atoms with Gasteiger partial charge in [0.1, 0.15) is 17.3 Å². The number of methoxy groups -OCH3 is 2. The molecule has 1 amide bonds. The lowest BCUT2D eigenvalue weighted by Gasteiger charge is -2.26. The third kappa shape index (κ3) is 5.23. The Bertz CT molecular complexity index is 919. The number of para-hydroxylation sites is 1. The van der Waals surface area contributed by atoms with E-state index in [4.69, 9.17) is 13.9 Å². The minimum Gasteiger partial charge on any atom is -0.497 e. The van der Waals surface area contributed by atoms with E-state index in [1.54, 1.807) is 20.5 Å². The zero-order valence-electron chi connectivity index (χ0n) is 17.8. The Morgan fingerprint density at radius 1 is 1.00 bits per heavy atom. The number of hydrogen-bond donors (Lipinski definition) is 0. The first-order valence-electron chi connectivity index (χ1n) is 10.2. The average Bonchev–Trinajstić information content (AvgIpc) is 3.31. The van der Waals surface area contributed by atoms with E-state index in [0.29, 0.717) is 19.5 Å². The van der Waals surface area contributed by atoms with Crippen LogP contribution in [-0.4, -0.2) is 31.6 Å². The first-order valence-corrected chi connectivity index (χ1v) is 10.2. The van der Waals surface area contributed by atoms with Crippen molar-refractivity contribution in [3.63, 3.8) is 0 Å². The smallest absolute Gasteiger partial charge is 0.222 e. The van der Waals surface area contributed by atoms with Crippen molar-refractivity contribution in [1.29, 1.82) is 0 Å². The van der Waals surface area contributed by atoms with Crippen LogP contribution >= 0.6 is 0 Å². The highest BCUT2D eigenvalue weighted by Crippen LogP contribution is 2.35. The van der Waals surface area contributed by atoms with Gasteiger partial charge in [0.05, 0.1) is 27.0 Å². The van der Waals surface area contributed by atoms with Crippen LogP contribution in [0.1, 0.15) is 42.6 Å². The third-order valence-electron chi connectivity index (χ3n) is 5.30. The van der Waals surface area contributed by atoms with Crippen LogP contribution in [-0.2, 0) is 11.3 Å². The number of ether oxygens (including phenoxy) is 2. The highest BCUT2D eigenvalue weighted by Gasteiger charge is 2.21. The summed E-state index contributed by atoms with van der Waals surface area (Å²) in [7, 11) is 3.35. The number of carbonyl (C=O) groups is 1. The highest BCUT2D eigenvalue weighted by molar-refractivity contribution is 5.75. The number of amides is 1. The standard InChI is InChI=1S/C25H29NO4/c1-4-25(27)26(18-21-8-7-17-30-21)16-15-22(19-11-13-20(28-2)14-12-19)23-9-5-6-10-24(23)29-3/h5-14,17,22H,4,15-16,18H2,1-3H3. The van der Waals surface area contributed by atoms with Crippen LogP contribution < -0.4 is 9.47 Å². The van der Waals surface area contributed by atoms with Crippen LogP contribution in [0.3, 0.4) is 0 Å². The predicted octanol–water partition coefficient (Wildman–Crippen LogP) is 5.26. The monoisotopic (exact) mass is 407 g/mol. The van der Waals surface area contributed by atoms with Crippen LogP contribution in [0.25, 0.3) is 0 Å². The van der Waals surface area contributed by atoms with Gasteiger partial charge >= 0.3 is 0 Å². The first-order chi connectivity index (χ1) is 14.7. The first kappa shape index (κ1) is 21.5. The molecule has 0 saturated heterocycles. The summed E-state index contributed by atoms with van der Waals surface area (Å²) in [6.07, 6.45) is 2.86. The van der Waals surface area contributed by atoms with Gasteiger partial charge in [-0.3, -0.25) is 4.79 Å². The van der Waals surface area contributed by atoms with Gasteiger partial charge in [0.15, 0.2) is 0 Å². The second-order valence-electron chi connectivity index (χ2n) is 7.10. The Labute approximate surface area is 178 Å². The molecule has 0 radical (unpaired) electrons. The zero-order chi connectivity index (χ0) is 21.3. The molecule has 0 aliphatic rings. The van der Waals surface area contributed by atoms with Crippen molar-refractivity contribution < 1.29 is 18.7 Å². The molecule has 2 aromatic carbocycles. The second kappa shape index (κ2) is 10.5. The zero-order valence-corrected chi connectivity index (χ0v) is 17.8. The number of furan rings is 1. The third-order valence-corrected chi connectivity index (χ3v) is 5.30. The molecule has 0 fully saturated rings. The van der Waals surface area contributed by atoms with E-state index in [0.717, 1.165) is 34.8 Å². The molecule has 1 heterocycles. The quantitative estimate of drug-likeness (QED) is 0.460. The molecule has 5 nitrogen and oxygen atoms in total. The summed E-state index contributed by atoms with van der Waals surface area (Å²) in [5.41, 5.74) is 2.26. The summed E-state index contributed by atoms with van der Waals surface area (Å²) in [5, 5.41) is 0. The minimum absolute atomic E-state index is 0.0795. The van der Waals surface area contributed by atoms with Crippen molar-refractivity contribution in [2.75, 3.05) is 20.8 Å². The maximum absolute atomic E-state index is 12.6. The molecule has 3 aromatic rings. The molecule has 3 rings (SSSR count). The van der Waals surface area contributed by atoms with Crippen molar-refractivity contribution in [3.8, 4) is 11.5 Å². The predicted molar refractivity (Wildman–Crippen MR) is 117 cm³/mol. The van der Waals surface area contributed by atoms with Crippen molar-refractivity contribution >= 4 is 5.91 Å². The molecule has 1 aromatic heterocycles. The van der Waals surface area contributed by atoms with Crippen molar-refractivity contribution in [2.24, 2.45) is 0 Å². The van der Waals surface area contributed by atoms with Crippen molar-refractivity contribution in [3.05, 3.63) is 83.8 Å². The van der Waals surface area contributed by atoms with Gasteiger partial charge < -0.3 is 18.8 Å². The Morgan fingerprint density at radius 2 is 1.77 bits per heavy atom. The number of hydrogen-bond acceptors (Lipinski definition) is 4. The Balaban J connectivity index is 1.87. The van der Waals surface area contributed by atoms with Crippen LogP contribution in [0.15, 0.2) is 71.3 Å². The van der Waals surface area contributed by atoms with E-state index in [1.165, 1.54) is 0 Å². The topological polar surface area (TPSA) is 51.9 Å². The van der Waals surface area contributed by atoms with Crippen LogP contribution in [0, 0.1) is 0 Å². The molecule has 1 unspecified atom stereocenters. The number of nitrogens with zero attached hydrogens (tertiary/aromatic N) is 1. The van der Waals surface area contributed by atoms with Gasteiger partial charge in [0.2, 0.25) is 5.91 Å². The number of carbonyl (C=O) groups excluding carboxylic acids is 1. The van der Waals surface area contributed by atoms with Gasteiger partial charge in [0, 0.05) is 24.4 Å². The van der Waals surface area contributed by atoms with E-state index in [2.05, 4.69) is 18.2 Å². The summed E-state index contributed by atoms with van der Waals surface area (Å²) in [6.45, 7) is 2.97. The number of rotatable bonds is 10. The summed E-state index contributed by atoms with van der Waals surface area (Å²) >= 11 is 0. The highest BCUT2D eigenvalue weighted by atomic mass is 16.5. The lowest BCUT2D eigenvalue weighted by Crippen LogP contribution is -2.31. The lowest BCUT2D eigenvalue weighted by atomic mass is 9.87. The molecule has 0 bridgehead atoms. The molecule has 158 valence electrons. The van der Waals surface area contributed by atoms with Gasteiger partial charge in [0.25, 0.3) is 0 Å². The Morgan fingerprint density at radius 3 is 2.40 bits per heavy atom. The largest absolute Gasteiger partial charge is 0.497 e. The van der Waals surface area contributed by atoms with Crippen LogP contribution in [0.2, 0.25) is 0 Å². The van der Waals surface area contributed by atoms with Gasteiger partial charge in [-0.05, 0) is 42.3 Å². The van der Waals surface area contributed by atoms with E-state index in [-0.39, 0.29) is 11.8 Å². The summed E-state index contributed by atoms with van der Waals surface area (Å²) < 4.78 is 16.4. The summed E-state index contributed by atoms with van der Waals surface area (Å²) in [4.78, 5) is 14.4. The molecule has 5 heteroatoms. The van der Waals surface area contributed by atoms with Gasteiger partial charge in [-0.1, -0.05) is 37.3 Å². The molecule has 0 aliphatic heterocycles. The molecule has 0 aliphatic carbocycles. The summed E-state index contributed by atoms with van der Waals surface area (Å²) in [5.74, 6) is 2.64. The van der Waals surface area contributed by atoms with E-state index in [1.807, 2.05) is 54.3 Å². The van der Waals surface area contributed by atoms with E-state index in [9.17, 15) is 4.79 Å². The van der Waals surface area contributed by atoms with Crippen molar-refractivity contribution in [2.45, 2.75) is 32.2 Å². The van der Waals surface area contributed by atoms with Crippen LogP contribution in [0.5, 0.6) is 11.5 Å². The van der Waals surface area contributed by atoms with Crippen LogP contribution in [0.4, 0.5) is 0 Å². The maximum atomic E-state index is 12.6. The van der Waals surface area contributed by atoms with Gasteiger partial charge in [-0.25, -0.2) is 0 Å². The lowest BCUT2D eigenvalue weighted by molar-refractivity contribution is -0.131. The molecule has 0 spiro atoms.